The first-order valence-corrected chi connectivity index (χ1v) is 5.94. The van der Waals surface area contributed by atoms with E-state index in [0.717, 1.165) is 4.90 Å². The molecule has 1 N–H and O–H groups in total. The molecule has 0 heterocycles. The van der Waals surface area contributed by atoms with Crippen LogP contribution in [0.15, 0.2) is 42.5 Å². The summed E-state index contributed by atoms with van der Waals surface area (Å²) in [5, 5.41) is 9.96. The summed E-state index contributed by atoms with van der Waals surface area (Å²) in [7, 11) is 2.84. The van der Waals surface area contributed by atoms with E-state index in [1.807, 2.05) is 0 Å². The molecule has 2 aromatic carbocycles. The second-order valence-corrected chi connectivity index (χ2v) is 4.17. The number of phenolic OH excluding ortho intramolecular Hbond substituents is 1. The molecule has 0 aliphatic carbocycles. The molecule has 0 atom stereocenters. The number of methoxy groups -OCH3 is 1. The number of halogens is 1. The fourth-order valence-corrected chi connectivity index (χ4v) is 1.87. The second-order valence-electron chi connectivity index (χ2n) is 4.17. The van der Waals surface area contributed by atoms with Crippen LogP contribution in [0.1, 0.15) is 10.4 Å². The van der Waals surface area contributed by atoms with E-state index in [1.54, 1.807) is 18.2 Å². The van der Waals surface area contributed by atoms with Crippen molar-refractivity contribution < 1.29 is 19.0 Å². The Morgan fingerprint density at radius 3 is 2.55 bits per heavy atom. The lowest BCUT2D eigenvalue weighted by atomic mass is 10.1. The molecule has 104 valence electrons. The van der Waals surface area contributed by atoms with Gasteiger partial charge >= 0.3 is 0 Å². The molecule has 0 saturated heterocycles. The number of hydrogen-bond donors (Lipinski definition) is 1. The number of carbonyl (C=O) groups excluding carboxylic acids is 1. The number of carbonyl (C=O) groups is 1. The molecule has 2 aromatic rings. The molecule has 0 aliphatic heterocycles. The van der Waals surface area contributed by atoms with Gasteiger partial charge in [-0.3, -0.25) is 4.79 Å². The van der Waals surface area contributed by atoms with Gasteiger partial charge in [0.1, 0.15) is 5.82 Å². The van der Waals surface area contributed by atoms with Gasteiger partial charge in [0, 0.05) is 7.05 Å². The molecule has 2 rings (SSSR count). The molecule has 0 radical (unpaired) electrons. The monoisotopic (exact) mass is 275 g/mol. The molecule has 0 aromatic heterocycles. The van der Waals surface area contributed by atoms with Crippen LogP contribution >= 0.6 is 0 Å². The van der Waals surface area contributed by atoms with E-state index in [1.165, 1.54) is 38.4 Å². The van der Waals surface area contributed by atoms with Crippen molar-refractivity contribution in [3.63, 3.8) is 0 Å². The Bertz CT molecular complexity index is 643. The number of rotatable bonds is 3. The number of benzene rings is 2. The van der Waals surface area contributed by atoms with E-state index >= 15 is 0 Å². The number of aromatic hydroxyl groups is 1. The third kappa shape index (κ3) is 2.42. The van der Waals surface area contributed by atoms with Gasteiger partial charge in [0.15, 0.2) is 11.5 Å². The fraction of sp³-hybridized carbons (Fsp3) is 0.133. The second kappa shape index (κ2) is 5.61. The zero-order valence-electron chi connectivity index (χ0n) is 11.1. The molecule has 0 aliphatic rings. The highest BCUT2D eigenvalue weighted by molar-refractivity contribution is 6.08. The van der Waals surface area contributed by atoms with Crippen LogP contribution in [0, 0.1) is 5.82 Å². The predicted molar refractivity (Wildman–Crippen MR) is 73.8 cm³/mol. The van der Waals surface area contributed by atoms with Gasteiger partial charge in [0.25, 0.3) is 5.91 Å². The maximum absolute atomic E-state index is 13.7. The van der Waals surface area contributed by atoms with Crippen molar-refractivity contribution in [3.05, 3.63) is 53.8 Å². The lowest BCUT2D eigenvalue weighted by Gasteiger charge is -2.19. The molecular formula is C15H14FNO3. The van der Waals surface area contributed by atoms with Crippen molar-refractivity contribution >= 4 is 11.6 Å². The summed E-state index contributed by atoms with van der Waals surface area (Å²) in [6.07, 6.45) is 0. The van der Waals surface area contributed by atoms with Gasteiger partial charge in [-0.25, -0.2) is 4.39 Å². The van der Waals surface area contributed by atoms with Crippen molar-refractivity contribution in [2.75, 3.05) is 19.1 Å². The molecule has 5 heteroatoms. The van der Waals surface area contributed by atoms with Crippen molar-refractivity contribution in [1.29, 1.82) is 0 Å². The Hall–Kier alpha value is -2.56. The minimum absolute atomic E-state index is 0.0510. The standard InChI is InChI=1S/C15H14FNO3/c1-17(12-8-4-3-7-11(12)16)15(19)10-6-5-9-13(20-2)14(10)18/h3-9,18H,1-2H3. The highest BCUT2D eigenvalue weighted by Gasteiger charge is 2.21. The number of para-hydroxylation sites is 2. The van der Waals surface area contributed by atoms with Crippen LogP contribution < -0.4 is 9.64 Å². The van der Waals surface area contributed by atoms with Crippen LogP contribution in [-0.2, 0) is 0 Å². The predicted octanol–water partition coefficient (Wildman–Crippen LogP) is 2.82. The molecule has 1 amide bonds. The molecule has 0 bridgehead atoms. The average Bonchev–Trinajstić information content (AvgIpc) is 2.46. The third-order valence-electron chi connectivity index (χ3n) is 2.97. The van der Waals surface area contributed by atoms with Gasteiger partial charge in [-0.15, -0.1) is 0 Å². The summed E-state index contributed by atoms with van der Waals surface area (Å²) < 4.78 is 18.6. The summed E-state index contributed by atoms with van der Waals surface area (Å²) >= 11 is 0. The van der Waals surface area contributed by atoms with Crippen LogP contribution in [0.2, 0.25) is 0 Å². The Morgan fingerprint density at radius 2 is 1.90 bits per heavy atom. The van der Waals surface area contributed by atoms with E-state index < -0.39 is 11.7 Å². The minimum atomic E-state index is -0.522. The quantitative estimate of drug-likeness (QED) is 0.937. The molecule has 4 nitrogen and oxygen atoms in total. The van der Waals surface area contributed by atoms with Crippen molar-refractivity contribution in [1.82, 2.24) is 0 Å². The maximum atomic E-state index is 13.7. The van der Waals surface area contributed by atoms with E-state index in [9.17, 15) is 14.3 Å². The van der Waals surface area contributed by atoms with Crippen molar-refractivity contribution in [2.45, 2.75) is 0 Å². The van der Waals surface area contributed by atoms with Gasteiger partial charge in [-0.1, -0.05) is 18.2 Å². The summed E-state index contributed by atoms with van der Waals surface area (Å²) in [5.41, 5.74) is 0.190. The highest BCUT2D eigenvalue weighted by atomic mass is 19.1. The Morgan fingerprint density at radius 1 is 1.20 bits per heavy atom. The molecule has 0 fully saturated rings. The number of nitrogens with zero attached hydrogens (tertiary/aromatic N) is 1. The van der Waals surface area contributed by atoms with Gasteiger partial charge < -0.3 is 14.7 Å². The SMILES string of the molecule is COc1cccc(C(=O)N(C)c2ccccc2F)c1O. The van der Waals surface area contributed by atoms with Crippen molar-refractivity contribution in [3.8, 4) is 11.5 Å². The highest BCUT2D eigenvalue weighted by Crippen LogP contribution is 2.31. The molecule has 20 heavy (non-hydrogen) atoms. The summed E-state index contributed by atoms with van der Waals surface area (Å²) in [6, 6.07) is 10.5. The maximum Gasteiger partial charge on any atom is 0.261 e. The first kappa shape index (κ1) is 13.9. The van der Waals surface area contributed by atoms with Crippen LogP contribution in [0.3, 0.4) is 0 Å². The van der Waals surface area contributed by atoms with Gasteiger partial charge in [-0.2, -0.15) is 0 Å². The molecule has 0 saturated carbocycles. The average molecular weight is 275 g/mol. The number of ether oxygens (including phenoxy) is 1. The first-order valence-electron chi connectivity index (χ1n) is 5.94. The van der Waals surface area contributed by atoms with Gasteiger partial charge in [0.2, 0.25) is 0 Å². The molecule has 0 spiro atoms. The molecule has 0 unspecified atom stereocenters. The van der Waals surface area contributed by atoms with Crippen LogP contribution in [0.4, 0.5) is 10.1 Å². The largest absolute Gasteiger partial charge is 0.504 e. The van der Waals surface area contributed by atoms with E-state index in [0.29, 0.717) is 0 Å². The van der Waals surface area contributed by atoms with Crippen LogP contribution in [0.5, 0.6) is 11.5 Å². The summed E-state index contributed by atoms with van der Waals surface area (Å²) in [5.74, 6) is -1.10. The van der Waals surface area contributed by atoms with Crippen LogP contribution in [0.25, 0.3) is 0 Å². The van der Waals surface area contributed by atoms with Crippen LogP contribution in [-0.4, -0.2) is 25.2 Å². The van der Waals surface area contributed by atoms with E-state index in [4.69, 9.17) is 4.74 Å². The number of phenols is 1. The Labute approximate surface area is 116 Å². The number of hydrogen-bond acceptors (Lipinski definition) is 3. The normalized spacial score (nSPS) is 10.2. The van der Waals surface area contributed by atoms with Gasteiger partial charge in [0.05, 0.1) is 18.4 Å². The molecular weight excluding hydrogens is 261 g/mol. The lowest BCUT2D eigenvalue weighted by Crippen LogP contribution is -2.27. The summed E-state index contributed by atoms with van der Waals surface area (Å²) in [4.78, 5) is 13.5. The lowest BCUT2D eigenvalue weighted by molar-refractivity contribution is 0.0989. The zero-order chi connectivity index (χ0) is 14.7. The first-order chi connectivity index (χ1) is 9.56. The Balaban J connectivity index is 2.39. The van der Waals surface area contributed by atoms with Crippen molar-refractivity contribution in [2.24, 2.45) is 0 Å². The van der Waals surface area contributed by atoms with E-state index in [-0.39, 0.29) is 22.7 Å². The van der Waals surface area contributed by atoms with Gasteiger partial charge in [-0.05, 0) is 24.3 Å². The third-order valence-corrected chi connectivity index (χ3v) is 2.97. The minimum Gasteiger partial charge on any atom is -0.504 e. The Kier molecular flexibility index (Phi) is 3.89. The smallest absolute Gasteiger partial charge is 0.261 e. The van der Waals surface area contributed by atoms with E-state index in [2.05, 4.69) is 0 Å². The fourth-order valence-electron chi connectivity index (χ4n) is 1.87. The number of anilines is 1. The topological polar surface area (TPSA) is 49.8 Å². The summed E-state index contributed by atoms with van der Waals surface area (Å²) in [6.45, 7) is 0. The zero-order valence-corrected chi connectivity index (χ0v) is 11.1. The number of amides is 1.